The third-order valence-corrected chi connectivity index (χ3v) is 3.72. The molecule has 18 heavy (non-hydrogen) atoms. The predicted molar refractivity (Wildman–Crippen MR) is 71.0 cm³/mol. The van der Waals surface area contributed by atoms with Gasteiger partial charge in [-0.25, -0.2) is 14.4 Å². The Hall–Kier alpha value is -1.46. The maximum Gasteiger partial charge on any atom is 0.136 e. The quantitative estimate of drug-likeness (QED) is 0.842. The van der Waals surface area contributed by atoms with Gasteiger partial charge in [-0.1, -0.05) is 12.1 Å². The summed E-state index contributed by atoms with van der Waals surface area (Å²) in [6.07, 6.45) is 5.05. The largest absolute Gasteiger partial charge is 0.312 e. The SMILES string of the molecule is CNC(CSc1ccccc1F)c1cncnc1. The van der Waals surface area contributed by atoms with Gasteiger partial charge in [0.05, 0.1) is 0 Å². The molecule has 2 aromatic rings. The summed E-state index contributed by atoms with van der Waals surface area (Å²) in [4.78, 5) is 8.64. The molecule has 3 nitrogen and oxygen atoms in total. The molecule has 1 atom stereocenters. The van der Waals surface area contributed by atoms with Gasteiger partial charge in [0, 0.05) is 34.6 Å². The average Bonchev–Trinajstić information content (AvgIpc) is 2.42. The van der Waals surface area contributed by atoms with Crippen LogP contribution in [-0.4, -0.2) is 22.8 Å². The van der Waals surface area contributed by atoms with E-state index in [1.54, 1.807) is 24.5 Å². The van der Waals surface area contributed by atoms with Gasteiger partial charge in [-0.3, -0.25) is 0 Å². The lowest BCUT2D eigenvalue weighted by atomic mass is 10.2. The van der Waals surface area contributed by atoms with Gasteiger partial charge in [-0.2, -0.15) is 0 Å². The predicted octanol–water partition coefficient (Wildman–Crippen LogP) is 2.67. The number of nitrogens with zero attached hydrogens (tertiary/aromatic N) is 2. The van der Waals surface area contributed by atoms with Gasteiger partial charge in [0.1, 0.15) is 12.1 Å². The van der Waals surface area contributed by atoms with Crippen LogP contribution in [0, 0.1) is 5.82 Å². The number of thioether (sulfide) groups is 1. The molecule has 1 heterocycles. The van der Waals surface area contributed by atoms with E-state index in [2.05, 4.69) is 15.3 Å². The van der Waals surface area contributed by atoms with E-state index < -0.39 is 0 Å². The first-order valence-corrected chi connectivity index (χ1v) is 6.59. The summed E-state index contributed by atoms with van der Waals surface area (Å²) in [7, 11) is 1.87. The van der Waals surface area contributed by atoms with Gasteiger partial charge in [0.2, 0.25) is 0 Å². The topological polar surface area (TPSA) is 37.8 Å². The highest BCUT2D eigenvalue weighted by molar-refractivity contribution is 7.99. The molecule has 0 spiro atoms. The minimum absolute atomic E-state index is 0.107. The molecule has 1 aromatic carbocycles. The van der Waals surface area contributed by atoms with Gasteiger partial charge in [0.25, 0.3) is 0 Å². The van der Waals surface area contributed by atoms with Crippen molar-refractivity contribution in [2.75, 3.05) is 12.8 Å². The van der Waals surface area contributed by atoms with E-state index in [1.807, 2.05) is 13.1 Å². The van der Waals surface area contributed by atoms with E-state index in [0.717, 1.165) is 11.3 Å². The molecule has 0 aliphatic carbocycles. The molecule has 0 bridgehead atoms. The van der Waals surface area contributed by atoms with E-state index in [4.69, 9.17) is 0 Å². The van der Waals surface area contributed by atoms with Crippen molar-refractivity contribution in [1.82, 2.24) is 15.3 Å². The van der Waals surface area contributed by atoms with Gasteiger partial charge in [-0.05, 0) is 19.2 Å². The van der Waals surface area contributed by atoms with E-state index in [1.165, 1.54) is 24.2 Å². The first kappa shape index (κ1) is 13.0. The number of rotatable bonds is 5. The van der Waals surface area contributed by atoms with E-state index in [9.17, 15) is 4.39 Å². The lowest BCUT2D eigenvalue weighted by Gasteiger charge is -2.15. The Morgan fingerprint density at radius 1 is 1.28 bits per heavy atom. The van der Waals surface area contributed by atoms with Gasteiger partial charge in [0.15, 0.2) is 0 Å². The standard InChI is InChI=1S/C13H14FN3S/c1-15-12(10-6-16-9-17-7-10)8-18-13-5-3-2-4-11(13)14/h2-7,9,12,15H,8H2,1H3. The highest BCUT2D eigenvalue weighted by atomic mass is 32.2. The van der Waals surface area contributed by atoms with Crippen LogP contribution < -0.4 is 5.32 Å². The number of aromatic nitrogens is 2. The van der Waals surface area contributed by atoms with Crippen LogP contribution in [-0.2, 0) is 0 Å². The van der Waals surface area contributed by atoms with Crippen LogP contribution in [0.4, 0.5) is 4.39 Å². The maximum absolute atomic E-state index is 13.5. The van der Waals surface area contributed by atoms with Crippen LogP contribution in [0.2, 0.25) is 0 Å². The molecular formula is C13H14FN3S. The Kier molecular flexibility index (Phi) is 4.66. The fraction of sp³-hybridized carbons (Fsp3) is 0.231. The number of benzene rings is 1. The van der Waals surface area contributed by atoms with Gasteiger partial charge >= 0.3 is 0 Å². The molecule has 0 saturated heterocycles. The molecule has 1 N–H and O–H groups in total. The van der Waals surface area contributed by atoms with Crippen molar-refractivity contribution >= 4 is 11.8 Å². The van der Waals surface area contributed by atoms with Crippen molar-refractivity contribution in [3.63, 3.8) is 0 Å². The highest BCUT2D eigenvalue weighted by Crippen LogP contribution is 2.25. The Balaban J connectivity index is 2.02. The Labute approximate surface area is 110 Å². The monoisotopic (exact) mass is 263 g/mol. The summed E-state index contributed by atoms with van der Waals surface area (Å²) >= 11 is 1.48. The first-order chi connectivity index (χ1) is 8.81. The lowest BCUT2D eigenvalue weighted by molar-refractivity contribution is 0.600. The smallest absolute Gasteiger partial charge is 0.136 e. The lowest BCUT2D eigenvalue weighted by Crippen LogP contribution is -2.19. The summed E-state index contributed by atoms with van der Waals surface area (Å²) in [5.41, 5.74) is 1.00. The van der Waals surface area contributed by atoms with Crippen molar-refractivity contribution in [3.05, 3.63) is 54.4 Å². The summed E-state index contributed by atoms with van der Waals surface area (Å²) in [6.45, 7) is 0. The highest BCUT2D eigenvalue weighted by Gasteiger charge is 2.11. The van der Waals surface area contributed by atoms with E-state index in [0.29, 0.717) is 4.90 Å². The van der Waals surface area contributed by atoms with Crippen molar-refractivity contribution in [2.24, 2.45) is 0 Å². The molecule has 1 unspecified atom stereocenters. The fourth-order valence-corrected chi connectivity index (χ4v) is 2.66. The zero-order valence-corrected chi connectivity index (χ0v) is 10.8. The van der Waals surface area contributed by atoms with Crippen molar-refractivity contribution in [3.8, 4) is 0 Å². The maximum atomic E-state index is 13.5. The summed E-state index contributed by atoms with van der Waals surface area (Å²) in [5, 5.41) is 3.18. The summed E-state index contributed by atoms with van der Waals surface area (Å²) in [5.74, 6) is 0.548. The second-order valence-corrected chi connectivity index (χ2v) is 4.82. The molecule has 1 aromatic heterocycles. The zero-order chi connectivity index (χ0) is 12.8. The summed E-state index contributed by atoms with van der Waals surface area (Å²) in [6, 6.07) is 6.90. The first-order valence-electron chi connectivity index (χ1n) is 5.60. The van der Waals surface area contributed by atoms with Crippen molar-refractivity contribution in [1.29, 1.82) is 0 Å². The van der Waals surface area contributed by atoms with Gasteiger partial charge < -0.3 is 5.32 Å². The Morgan fingerprint density at radius 3 is 2.67 bits per heavy atom. The minimum Gasteiger partial charge on any atom is -0.312 e. The summed E-state index contributed by atoms with van der Waals surface area (Å²) < 4.78 is 13.5. The van der Waals surface area contributed by atoms with Crippen LogP contribution in [0.15, 0.2) is 47.9 Å². The molecule has 5 heteroatoms. The Bertz CT molecular complexity index is 493. The minimum atomic E-state index is -0.179. The number of nitrogens with one attached hydrogen (secondary N) is 1. The number of hydrogen-bond acceptors (Lipinski definition) is 4. The van der Waals surface area contributed by atoms with Gasteiger partial charge in [-0.15, -0.1) is 11.8 Å². The molecule has 0 radical (unpaired) electrons. The van der Waals surface area contributed by atoms with Crippen molar-refractivity contribution in [2.45, 2.75) is 10.9 Å². The number of halogens is 1. The van der Waals surface area contributed by atoms with Crippen LogP contribution in [0.1, 0.15) is 11.6 Å². The van der Waals surface area contributed by atoms with Crippen LogP contribution >= 0.6 is 11.8 Å². The third kappa shape index (κ3) is 3.27. The molecular weight excluding hydrogens is 249 g/mol. The molecule has 0 aliphatic rings. The number of hydrogen-bond donors (Lipinski definition) is 1. The normalized spacial score (nSPS) is 12.3. The van der Waals surface area contributed by atoms with Crippen LogP contribution in [0.25, 0.3) is 0 Å². The van der Waals surface area contributed by atoms with E-state index >= 15 is 0 Å². The van der Waals surface area contributed by atoms with Crippen molar-refractivity contribution < 1.29 is 4.39 Å². The molecule has 94 valence electrons. The third-order valence-electron chi connectivity index (χ3n) is 2.57. The fourth-order valence-electron chi connectivity index (χ4n) is 1.57. The molecule has 0 amide bonds. The second kappa shape index (κ2) is 6.47. The zero-order valence-electron chi connectivity index (χ0n) is 10.0. The molecule has 0 saturated carbocycles. The molecule has 0 aliphatic heterocycles. The second-order valence-electron chi connectivity index (χ2n) is 3.75. The molecule has 2 rings (SSSR count). The van der Waals surface area contributed by atoms with Crippen LogP contribution in [0.5, 0.6) is 0 Å². The molecule has 0 fully saturated rings. The van der Waals surface area contributed by atoms with Crippen LogP contribution in [0.3, 0.4) is 0 Å². The van der Waals surface area contributed by atoms with E-state index in [-0.39, 0.29) is 11.9 Å². The average molecular weight is 263 g/mol. The Morgan fingerprint density at radius 2 is 2.00 bits per heavy atom.